The van der Waals surface area contributed by atoms with Crippen molar-refractivity contribution in [1.82, 2.24) is 10.2 Å². The zero-order valence-electron chi connectivity index (χ0n) is 11.3. The van der Waals surface area contributed by atoms with Crippen molar-refractivity contribution >= 4 is 6.03 Å². The number of nitrogens with zero attached hydrogens (tertiary/aromatic N) is 1. The lowest BCUT2D eigenvalue weighted by atomic mass is 10.1. The fraction of sp³-hybridized carbons (Fsp3) is 0.615. The van der Waals surface area contributed by atoms with E-state index in [4.69, 9.17) is 4.42 Å². The molecule has 1 aliphatic rings. The number of aliphatic hydroxyl groups is 1. The smallest absolute Gasteiger partial charge is 0.405 e. The Labute approximate surface area is 119 Å². The third kappa shape index (κ3) is 4.38. The number of alkyl halides is 3. The molecule has 0 spiro atoms. The number of amides is 2. The summed E-state index contributed by atoms with van der Waals surface area (Å²) < 4.78 is 41.4. The van der Waals surface area contributed by atoms with E-state index in [0.29, 0.717) is 25.1 Å². The lowest BCUT2D eigenvalue weighted by Crippen LogP contribution is -2.46. The van der Waals surface area contributed by atoms with Gasteiger partial charge < -0.3 is 19.7 Å². The molecule has 1 aromatic heterocycles. The monoisotopic (exact) mass is 306 g/mol. The Morgan fingerprint density at radius 2 is 2.33 bits per heavy atom. The van der Waals surface area contributed by atoms with Gasteiger partial charge in [-0.2, -0.15) is 13.2 Å². The highest BCUT2D eigenvalue weighted by Crippen LogP contribution is 2.27. The van der Waals surface area contributed by atoms with Crippen molar-refractivity contribution in [1.29, 1.82) is 0 Å². The number of urea groups is 1. The van der Waals surface area contributed by atoms with Crippen LogP contribution in [0.3, 0.4) is 0 Å². The van der Waals surface area contributed by atoms with E-state index in [1.165, 1.54) is 11.2 Å². The number of furan rings is 1. The maximum atomic E-state index is 12.1. The molecule has 21 heavy (non-hydrogen) atoms. The van der Waals surface area contributed by atoms with Crippen LogP contribution in [0.15, 0.2) is 22.8 Å². The summed E-state index contributed by atoms with van der Waals surface area (Å²) >= 11 is 0. The number of carbonyl (C=O) groups excluding carboxylic acids is 1. The molecular weight excluding hydrogens is 289 g/mol. The molecular formula is C13H17F3N2O3. The van der Waals surface area contributed by atoms with Gasteiger partial charge in [-0.1, -0.05) is 0 Å². The first-order valence-corrected chi connectivity index (χ1v) is 6.69. The number of nitrogens with one attached hydrogen (secondary N) is 1. The van der Waals surface area contributed by atoms with Crippen LogP contribution in [0, 0.1) is 0 Å². The molecule has 1 fully saturated rings. The molecule has 5 nitrogen and oxygen atoms in total. The summed E-state index contributed by atoms with van der Waals surface area (Å²) in [4.78, 5) is 13.1. The van der Waals surface area contributed by atoms with E-state index in [1.54, 1.807) is 12.1 Å². The maximum Gasteiger partial charge on any atom is 0.405 e. The average molecular weight is 306 g/mol. The van der Waals surface area contributed by atoms with Crippen molar-refractivity contribution in [2.75, 3.05) is 13.1 Å². The average Bonchev–Trinajstić information content (AvgIpc) is 3.05. The molecule has 2 N–H and O–H groups in total. The number of aliphatic hydroxyl groups excluding tert-OH is 1. The second-order valence-electron chi connectivity index (χ2n) is 5.03. The van der Waals surface area contributed by atoms with E-state index in [9.17, 15) is 23.1 Å². The molecule has 8 heteroatoms. The number of rotatable bonds is 4. The van der Waals surface area contributed by atoms with Crippen LogP contribution in [0.2, 0.25) is 0 Å². The van der Waals surface area contributed by atoms with Gasteiger partial charge in [0.1, 0.15) is 18.4 Å². The van der Waals surface area contributed by atoms with Crippen molar-refractivity contribution in [3.63, 3.8) is 0 Å². The molecule has 1 aromatic rings. The normalized spacial score (nSPS) is 20.6. The van der Waals surface area contributed by atoms with E-state index < -0.39 is 24.9 Å². The molecule has 0 saturated carbocycles. The lowest BCUT2D eigenvalue weighted by Gasteiger charge is -2.26. The van der Waals surface area contributed by atoms with Crippen LogP contribution in [-0.4, -0.2) is 41.3 Å². The SMILES string of the molecule is O=C(NCC(F)(F)F)N1CCCC1CC(O)c1ccco1. The fourth-order valence-corrected chi connectivity index (χ4v) is 2.48. The Hall–Kier alpha value is -1.70. The third-order valence-corrected chi connectivity index (χ3v) is 3.45. The van der Waals surface area contributed by atoms with E-state index in [2.05, 4.69) is 0 Å². The summed E-state index contributed by atoms with van der Waals surface area (Å²) in [5.74, 6) is 0.387. The van der Waals surface area contributed by atoms with Gasteiger partial charge in [-0.3, -0.25) is 0 Å². The van der Waals surface area contributed by atoms with Crippen LogP contribution in [-0.2, 0) is 0 Å². The van der Waals surface area contributed by atoms with Gasteiger partial charge in [-0.15, -0.1) is 0 Å². The van der Waals surface area contributed by atoms with Crippen LogP contribution in [0.4, 0.5) is 18.0 Å². The Kier molecular flexibility index (Phi) is 4.76. The first kappa shape index (κ1) is 15.7. The summed E-state index contributed by atoms with van der Waals surface area (Å²) in [5, 5.41) is 11.9. The van der Waals surface area contributed by atoms with Crippen LogP contribution in [0.5, 0.6) is 0 Å². The lowest BCUT2D eigenvalue weighted by molar-refractivity contribution is -0.123. The number of hydrogen-bond donors (Lipinski definition) is 2. The minimum absolute atomic E-state index is 0.243. The number of likely N-dealkylation sites (tertiary alicyclic amines) is 1. The van der Waals surface area contributed by atoms with Crippen LogP contribution in [0.25, 0.3) is 0 Å². The molecule has 0 bridgehead atoms. The van der Waals surface area contributed by atoms with E-state index in [0.717, 1.165) is 0 Å². The number of halogens is 3. The highest BCUT2D eigenvalue weighted by Gasteiger charge is 2.34. The largest absolute Gasteiger partial charge is 0.467 e. The molecule has 118 valence electrons. The van der Waals surface area contributed by atoms with Crippen molar-refractivity contribution < 1.29 is 27.5 Å². The Morgan fingerprint density at radius 1 is 1.57 bits per heavy atom. The van der Waals surface area contributed by atoms with Crippen LogP contribution < -0.4 is 5.32 Å². The van der Waals surface area contributed by atoms with Crippen LogP contribution in [0.1, 0.15) is 31.1 Å². The summed E-state index contributed by atoms with van der Waals surface area (Å²) in [5.41, 5.74) is 0. The first-order chi connectivity index (χ1) is 9.87. The molecule has 1 saturated heterocycles. The molecule has 0 radical (unpaired) electrons. The van der Waals surface area contributed by atoms with E-state index >= 15 is 0 Å². The van der Waals surface area contributed by atoms with Gasteiger partial charge in [0.25, 0.3) is 0 Å². The van der Waals surface area contributed by atoms with Gasteiger partial charge >= 0.3 is 12.2 Å². The van der Waals surface area contributed by atoms with Crippen molar-refractivity contribution in [3.8, 4) is 0 Å². The highest BCUT2D eigenvalue weighted by molar-refractivity contribution is 5.74. The molecule has 2 rings (SSSR count). The molecule has 2 heterocycles. The van der Waals surface area contributed by atoms with Gasteiger partial charge in [0.05, 0.1) is 6.26 Å². The maximum absolute atomic E-state index is 12.1. The Morgan fingerprint density at radius 3 is 2.95 bits per heavy atom. The molecule has 2 amide bonds. The van der Waals surface area contributed by atoms with Crippen molar-refractivity contribution in [2.24, 2.45) is 0 Å². The minimum Gasteiger partial charge on any atom is -0.467 e. The summed E-state index contributed by atoms with van der Waals surface area (Å²) in [6, 6.07) is 2.22. The van der Waals surface area contributed by atoms with E-state index in [1.807, 2.05) is 5.32 Å². The molecule has 2 unspecified atom stereocenters. The second kappa shape index (κ2) is 6.38. The third-order valence-electron chi connectivity index (χ3n) is 3.45. The standard InChI is InChI=1S/C13H17F3N2O3/c14-13(15,16)8-17-12(20)18-5-1-3-9(18)7-10(19)11-4-2-6-21-11/h2,4,6,9-10,19H,1,3,5,7-8H2,(H,17,20). The Bertz CT molecular complexity index is 462. The van der Waals surface area contributed by atoms with Gasteiger partial charge in [0.15, 0.2) is 0 Å². The van der Waals surface area contributed by atoms with Gasteiger partial charge in [-0.25, -0.2) is 4.79 Å². The molecule has 2 atom stereocenters. The topological polar surface area (TPSA) is 65.7 Å². The molecule has 0 aliphatic carbocycles. The predicted octanol–water partition coefficient (Wildman–Crippen LogP) is 2.44. The number of hydrogen-bond acceptors (Lipinski definition) is 3. The molecule has 1 aliphatic heterocycles. The predicted molar refractivity (Wildman–Crippen MR) is 67.5 cm³/mol. The zero-order valence-corrected chi connectivity index (χ0v) is 11.3. The van der Waals surface area contributed by atoms with Gasteiger partial charge in [-0.05, 0) is 25.0 Å². The molecule has 0 aromatic carbocycles. The van der Waals surface area contributed by atoms with Crippen molar-refractivity contribution in [3.05, 3.63) is 24.2 Å². The fourth-order valence-electron chi connectivity index (χ4n) is 2.48. The summed E-state index contributed by atoms with van der Waals surface area (Å²) in [7, 11) is 0. The number of carbonyl (C=O) groups is 1. The summed E-state index contributed by atoms with van der Waals surface area (Å²) in [6.07, 6.45) is -2.28. The van der Waals surface area contributed by atoms with Gasteiger partial charge in [0, 0.05) is 19.0 Å². The zero-order chi connectivity index (χ0) is 15.5. The Balaban J connectivity index is 1.89. The van der Waals surface area contributed by atoms with Crippen molar-refractivity contribution in [2.45, 2.75) is 37.6 Å². The summed E-state index contributed by atoms with van der Waals surface area (Å²) in [6.45, 7) is -0.963. The second-order valence-corrected chi connectivity index (χ2v) is 5.03. The quantitative estimate of drug-likeness (QED) is 0.898. The van der Waals surface area contributed by atoms with E-state index in [-0.39, 0.29) is 12.5 Å². The minimum atomic E-state index is -4.43. The highest BCUT2D eigenvalue weighted by atomic mass is 19.4. The van der Waals surface area contributed by atoms with Gasteiger partial charge in [0.2, 0.25) is 0 Å². The first-order valence-electron chi connectivity index (χ1n) is 6.69. The van der Waals surface area contributed by atoms with Crippen LogP contribution >= 0.6 is 0 Å².